The molecule has 14 heteroatoms. The second-order valence-corrected chi connectivity index (χ2v) is 10.9. The van der Waals surface area contributed by atoms with Crippen LogP contribution >= 0.6 is 0 Å². The van der Waals surface area contributed by atoms with Crippen LogP contribution in [-0.2, 0) is 15.0 Å². The quantitative estimate of drug-likeness (QED) is 0.218. The molecule has 41 heavy (non-hydrogen) atoms. The molecule has 1 aliphatic rings. The zero-order chi connectivity index (χ0) is 29.1. The lowest BCUT2D eigenvalue weighted by molar-refractivity contribution is -0.274. The fourth-order valence-corrected chi connectivity index (χ4v) is 5.78. The largest absolute Gasteiger partial charge is 0.573 e. The number of benzene rings is 2. The second kappa shape index (κ2) is 9.57. The Hall–Kier alpha value is -4.48. The van der Waals surface area contributed by atoms with E-state index in [0.717, 1.165) is 24.5 Å². The molecule has 3 aromatic heterocycles. The Morgan fingerprint density at radius 3 is 2.54 bits per heavy atom. The maximum Gasteiger partial charge on any atom is 0.573 e. The maximum atomic E-state index is 13.9. The fraction of sp³-hybridized carbons (Fsp3) is 0.222. The third kappa shape index (κ3) is 4.76. The molecule has 0 saturated carbocycles. The van der Waals surface area contributed by atoms with Gasteiger partial charge in [-0.2, -0.15) is 13.7 Å². The monoisotopic (exact) mass is 586 g/mol. The van der Waals surface area contributed by atoms with E-state index in [0.29, 0.717) is 48.2 Å². The number of alkyl halides is 3. The number of nitrogens with one attached hydrogen (secondary N) is 1. The first-order valence-electron chi connectivity index (χ1n) is 12.3. The molecular weight excluding hydrogens is 568 g/mol. The van der Waals surface area contributed by atoms with Crippen LogP contribution in [0.1, 0.15) is 24.4 Å². The van der Waals surface area contributed by atoms with E-state index in [1.54, 1.807) is 12.1 Å². The van der Waals surface area contributed by atoms with Crippen molar-refractivity contribution in [2.45, 2.75) is 30.1 Å². The minimum atomic E-state index is -5.23. The number of fused-ring (bicyclic) bond motifs is 4. The van der Waals surface area contributed by atoms with Crippen molar-refractivity contribution in [3.8, 4) is 22.9 Å². The number of aromatic nitrogens is 3. The van der Waals surface area contributed by atoms with Crippen LogP contribution < -0.4 is 10.2 Å². The summed E-state index contributed by atoms with van der Waals surface area (Å²) >= 11 is 0. The molecule has 210 valence electrons. The molecule has 0 unspecified atom stereocenters. The number of rotatable bonds is 4. The van der Waals surface area contributed by atoms with Crippen molar-refractivity contribution in [1.29, 1.82) is 5.26 Å². The number of pyridine rings is 2. The summed E-state index contributed by atoms with van der Waals surface area (Å²) in [4.78, 5) is 20.0. The van der Waals surface area contributed by atoms with Crippen molar-refractivity contribution in [1.82, 2.24) is 14.5 Å². The molecule has 4 heterocycles. The van der Waals surface area contributed by atoms with Crippen LogP contribution in [0.4, 0.5) is 17.1 Å². The summed E-state index contributed by atoms with van der Waals surface area (Å²) in [5.41, 5.74) is 0.460. The number of halogens is 4. The van der Waals surface area contributed by atoms with Gasteiger partial charge in [0, 0.05) is 53.7 Å². The molecule has 1 N–H and O–H groups in total. The molecule has 0 amide bonds. The van der Waals surface area contributed by atoms with Crippen molar-refractivity contribution in [2.75, 3.05) is 13.2 Å². The standard InChI is InChI=1S/C27H18F4N4O5S/c28-27(29,30)40-23-10-20-22(9-19(23)15-8-17(13-33-12-15)41(31,37)38)35(16-3-5-39-6-4-16)26-24(25(20)36)18-2-1-14(11-32)7-21(18)34-26/h1-2,7-10,12-13,16,34H,3-6H2. The van der Waals surface area contributed by atoms with Gasteiger partial charge in [-0.3, -0.25) is 9.78 Å². The van der Waals surface area contributed by atoms with E-state index in [2.05, 4.69) is 14.7 Å². The average Bonchev–Trinajstić information content (AvgIpc) is 3.31. The van der Waals surface area contributed by atoms with Gasteiger partial charge < -0.3 is 19.0 Å². The highest BCUT2D eigenvalue weighted by atomic mass is 32.3. The Kier molecular flexibility index (Phi) is 6.24. The highest BCUT2D eigenvalue weighted by molar-refractivity contribution is 7.86. The number of hydrogen-bond donors (Lipinski definition) is 1. The van der Waals surface area contributed by atoms with Crippen LogP contribution in [0.5, 0.6) is 5.75 Å². The molecule has 5 aromatic rings. The van der Waals surface area contributed by atoms with Crippen molar-refractivity contribution in [2.24, 2.45) is 0 Å². The highest BCUT2D eigenvalue weighted by Gasteiger charge is 2.34. The molecule has 9 nitrogen and oxygen atoms in total. The third-order valence-electron chi connectivity index (χ3n) is 7.07. The molecule has 1 aliphatic heterocycles. The minimum absolute atomic E-state index is 0.0838. The van der Waals surface area contributed by atoms with Gasteiger partial charge in [-0.05, 0) is 43.2 Å². The first-order chi connectivity index (χ1) is 19.4. The summed E-state index contributed by atoms with van der Waals surface area (Å²) in [6.07, 6.45) is -2.32. The van der Waals surface area contributed by atoms with Gasteiger partial charge in [0.25, 0.3) is 0 Å². The summed E-state index contributed by atoms with van der Waals surface area (Å²) in [6.45, 7) is 0.808. The Bertz CT molecular complexity index is 2070. The van der Waals surface area contributed by atoms with Gasteiger partial charge >= 0.3 is 16.6 Å². The number of H-pyrrole nitrogens is 1. The molecule has 2 aromatic carbocycles. The molecule has 0 aliphatic carbocycles. The van der Waals surface area contributed by atoms with Crippen LogP contribution in [0.25, 0.3) is 44.0 Å². The van der Waals surface area contributed by atoms with E-state index < -0.39 is 32.7 Å². The topological polar surface area (TPSA) is 127 Å². The molecule has 0 atom stereocenters. The summed E-state index contributed by atoms with van der Waals surface area (Å²) in [6, 6.07) is 9.59. The molecule has 0 spiro atoms. The Morgan fingerprint density at radius 1 is 1.10 bits per heavy atom. The van der Waals surface area contributed by atoms with Gasteiger partial charge in [0.2, 0.25) is 0 Å². The molecule has 1 saturated heterocycles. The smallest absolute Gasteiger partial charge is 0.405 e. The lowest BCUT2D eigenvalue weighted by Gasteiger charge is -2.28. The lowest BCUT2D eigenvalue weighted by Crippen LogP contribution is -2.23. The molecule has 0 bridgehead atoms. The minimum Gasteiger partial charge on any atom is -0.405 e. The number of hydrogen-bond acceptors (Lipinski definition) is 7. The Labute approximate surface area is 228 Å². The number of nitrogens with zero attached hydrogens (tertiary/aromatic N) is 3. The van der Waals surface area contributed by atoms with Crippen LogP contribution in [0, 0.1) is 11.3 Å². The third-order valence-corrected chi connectivity index (χ3v) is 7.85. The zero-order valence-corrected chi connectivity index (χ0v) is 21.6. The van der Waals surface area contributed by atoms with Crippen LogP contribution in [0.3, 0.4) is 0 Å². The van der Waals surface area contributed by atoms with Gasteiger partial charge in [-0.1, -0.05) is 6.07 Å². The van der Waals surface area contributed by atoms with Gasteiger partial charge in [-0.15, -0.1) is 17.1 Å². The van der Waals surface area contributed by atoms with E-state index >= 15 is 0 Å². The van der Waals surface area contributed by atoms with Crippen molar-refractivity contribution >= 4 is 43.1 Å². The van der Waals surface area contributed by atoms with E-state index in [4.69, 9.17) is 4.74 Å². The van der Waals surface area contributed by atoms with Gasteiger partial charge in [0.15, 0.2) is 5.43 Å². The van der Waals surface area contributed by atoms with Gasteiger partial charge in [0.05, 0.1) is 27.9 Å². The maximum absolute atomic E-state index is 13.9. The van der Waals surface area contributed by atoms with Crippen molar-refractivity contribution in [3.63, 3.8) is 0 Å². The summed E-state index contributed by atoms with van der Waals surface area (Å²) in [5, 5.41) is 9.98. The predicted molar refractivity (Wildman–Crippen MR) is 140 cm³/mol. The SMILES string of the molecule is N#Cc1ccc2c(c1)[nH]c1c2c(=O)c2cc(OC(F)(F)F)c(-c3cncc(S(=O)(=O)F)c3)cc2n1C1CCOCC1. The molecule has 1 fully saturated rings. The van der Waals surface area contributed by atoms with Crippen LogP contribution in [0.15, 0.2) is 58.5 Å². The second-order valence-electron chi connectivity index (χ2n) is 9.52. The lowest BCUT2D eigenvalue weighted by atomic mass is 10.00. The van der Waals surface area contributed by atoms with E-state index in [1.165, 1.54) is 12.1 Å². The molecule has 0 radical (unpaired) electrons. The van der Waals surface area contributed by atoms with Gasteiger partial charge in [0.1, 0.15) is 16.3 Å². The van der Waals surface area contributed by atoms with Crippen molar-refractivity contribution in [3.05, 3.63) is 64.6 Å². The van der Waals surface area contributed by atoms with E-state index in [9.17, 15) is 35.5 Å². The fourth-order valence-electron chi connectivity index (χ4n) is 5.32. The Morgan fingerprint density at radius 2 is 1.85 bits per heavy atom. The van der Waals surface area contributed by atoms with E-state index in [1.807, 2.05) is 10.6 Å². The predicted octanol–water partition coefficient (Wildman–Crippen LogP) is 5.48. The number of nitriles is 1. The van der Waals surface area contributed by atoms with E-state index in [-0.39, 0.29) is 33.5 Å². The average molecular weight is 587 g/mol. The normalized spacial score (nSPS) is 15.0. The molecule has 6 rings (SSSR count). The van der Waals surface area contributed by atoms with Crippen LogP contribution in [-0.4, -0.2) is 42.5 Å². The Balaban J connectivity index is 1.75. The first kappa shape index (κ1) is 26.7. The van der Waals surface area contributed by atoms with Gasteiger partial charge in [-0.25, -0.2) is 0 Å². The zero-order valence-electron chi connectivity index (χ0n) is 20.8. The van der Waals surface area contributed by atoms with Crippen LogP contribution in [0.2, 0.25) is 0 Å². The molecular formula is C27H18F4N4O5S. The number of ether oxygens (including phenoxy) is 2. The summed E-state index contributed by atoms with van der Waals surface area (Å²) in [5.74, 6) is -0.790. The summed E-state index contributed by atoms with van der Waals surface area (Å²) < 4.78 is 89.0. The summed E-state index contributed by atoms with van der Waals surface area (Å²) in [7, 11) is -5.23. The highest BCUT2D eigenvalue weighted by Crippen LogP contribution is 2.40. The van der Waals surface area contributed by atoms with Crippen molar-refractivity contribution < 1.29 is 34.9 Å². The first-order valence-corrected chi connectivity index (χ1v) is 13.6. The number of aromatic amines is 1.